The molecule has 0 aliphatic rings. The Morgan fingerprint density at radius 2 is 2.00 bits per heavy atom. The molecule has 0 spiro atoms. The zero-order chi connectivity index (χ0) is 13.7. The normalized spacial score (nSPS) is 10.7. The lowest BCUT2D eigenvalue weighted by molar-refractivity contribution is -0.298. The van der Waals surface area contributed by atoms with Crippen molar-refractivity contribution < 1.29 is 19.4 Å². The number of halogens is 1. The average molecular weight is 311 g/mol. The summed E-state index contributed by atoms with van der Waals surface area (Å²) in [5.41, 5.74) is -0.0451. The highest BCUT2D eigenvalue weighted by Gasteiger charge is 2.09. The number of rotatable bonds is 4. The fourth-order valence-electron chi connectivity index (χ4n) is 1.29. The van der Waals surface area contributed by atoms with E-state index in [1.54, 1.807) is 18.2 Å². The first-order valence-corrected chi connectivity index (χ1v) is 5.57. The fourth-order valence-corrected chi connectivity index (χ4v) is 1.81. The van der Waals surface area contributed by atoms with Crippen LogP contribution in [-0.2, 0) is 4.79 Å². The van der Waals surface area contributed by atoms with Gasteiger partial charge in [-0.3, -0.25) is 0 Å². The summed E-state index contributed by atoms with van der Waals surface area (Å²) in [5.74, 6) is -0.605. The number of carbonyl (C=O) groups is 1. The third-order valence-electron chi connectivity index (χ3n) is 2.14. The van der Waals surface area contributed by atoms with E-state index in [0.717, 1.165) is 0 Å². The molecule has 0 N–H and O–H groups in total. The summed E-state index contributed by atoms with van der Waals surface area (Å²) in [6, 6.07) is 4.73. The van der Waals surface area contributed by atoms with Gasteiger partial charge in [0.25, 0.3) is 0 Å². The van der Waals surface area contributed by atoms with E-state index >= 15 is 0 Å². The van der Waals surface area contributed by atoms with Gasteiger partial charge in [0.15, 0.2) is 0 Å². The molecular weight excluding hydrogens is 302 g/mol. The number of nitrogens with zero attached hydrogens (tertiary/aromatic N) is 1. The zero-order valence-corrected chi connectivity index (χ0v) is 11.3. The quantitative estimate of drug-likeness (QED) is 0.615. The molecule has 1 aromatic rings. The van der Waals surface area contributed by atoms with Gasteiger partial charge in [-0.2, -0.15) is 5.26 Å². The second-order valence-corrected chi connectivity index (χ2v) is 4.04. The second kappa shape index (κ2) is 6.07. The van der Waals surface area contributed by atoms with Crippen molar-refractivity contribution >= 4 is 28.0 Å². The first-order chi connectivity index (χ1) is 8.53. The van der Waals surface area contributed by atoms with Gasteiger partial charge in [-0.15, -0.1) is 0 Å². The van der Waals surface area contributed by atoms with Crippen LogP contribution >= 0.6 is 15.9 Å². The van der Waals surface area contributed by atoms with Gasteiger partial charge in [0.1, 0.15) is 17.6 Å². The monoisotopic (exact) mass is 310 g/mol. The number of aliphatic carboxylic acids is 1. The number of carboxylic acids is 1. The van der Waals surface area contributed by atoms with E-state index in [1.807, 2.05) is 0 Å². The van der Waals surface area contributed by atoms with Crippen molar-refractivity contribution in [2.24, 2.45) is 0 Å². The van der Waals surface area contributed by atoms with Crippen LogP contribution in [0.3, 0.4) is 0 Å². The lowest BCUT2D eigenvalue weighted by Gasteiger charge is -2.10. The Labute approximate surface area is 112 Å². The Balaban J connectivity index is 3.37. The minimum atomic E-state index is -1.54. The molecule has 0 saturated carbocycles. The molecule has 0 bridgehead atoms. The molecule has 6 heteroatoms. The number of ether oxygens (including phenoxy) is 2. The fraction of sp³-hybridized carbons (Fsp3) is 0.167. The number of carboxylic acid groups (broad SMARTS) is 1. The Kier molecular flexibility index (Phi) is 4.75. The number of hydrogen-bond acceptors (Lipinski definition) is 5. The Hall–Kier alpha value is -2.00. The lowest BCUT2D eigenvalue weighted by Crippen LogP contribution is -2.23. The predicted molar refractivity (Wildman–Crippen MR) is 65.8 cm³/mol. The summed E-state index contributed by atoms with van der Waals surface area (Å²) < 4.78 is 10.8. The van der Waals surface area contributed by atoms with Gasteiger partial charge in [0.2, 0.25) is 0 Å². The van der Waals surface area contributed by atoms with E-state index in [-0.39, 0.29) is 0 Å². The van der Waals surface area contributed by atoms with Gasteiger partial charge in [-0.05, 0) is 28.1 Å². The number of methoxy groups -OCH3 is 2. The van der Waals surface area contributed by atoms with Gasteiger partial charge in [0.05, 0.1) is 30.2 Å². The number of hydrogen-bond donors (Lipinski definition) is 0. The van der Waals surface area contributed by atoms with Gasteiger partial charge < -0.3 is 19.4 Å². The Morgan fingerprint density at radius 3 is 2.44 bits per heavy atom. The number of benzene rings is 1. The first-order valence-electron chi connectivity index (χ1n) is 4.78. The summed E-state index contributed by atoms with van der Waals surface area (Å²) in [6.45, 7) is 0. The molecule has 0 amide bonds. The van der Waals surface area contributed by atoms with Crippen LogP contribution in [0.15, 0.2) is 22.2 Å². The van der Waals surface area contributed by atoms with Crippen molar-refractivity contribution in [3.05, 3.63) is 27.7 Å². The standard InChI is InChI=1S/C12H10BrNO4/c1-17-10-5-11(18-2)9(13)4-7(10)3-8(6-14)12(15)16/h3-5H,1-2H3,(H,15,16)/p-1/b8-3+. The van der Waals surface area contributed by atoms with Gasteiger partial charge in [-0.1, -0.05) is 0 Å². The number of nitriles is 1. The molecule has 1 aromatic carbocycles. The molecule has 0 aliphatic heterocycles. The van der Waals surface area contributed by atoms with Crippen molar-refractivity contribution in [1.29, 1.82) is 5.26 Å². The molecule has 0 fully saturated rings. The van der Waals surface area contributed by atoms with Crippen molar-refractivity contribution in [1.82, 2.24) is 0 Å². The van der Waals surface area contributed by atoms with Gasteiger partial charge in [-0.25, -0.2) is 0 Å². The maximum atomic E-state index is 10.7. The molecule has 0 atom stereocenters. The molecule has 0 heterocycles. The van der Waals surface area contributed by atoms with E-state index in [4.69, 9.17) is 14.7 Å². The summed E-state index contributed by atoms with van der Waals surface area (Å²) in [5, 5.41) is 19.3. The second-order valence-electron chi connectivity index (χ2n) is 3.19. The summed E-state index contributed by atoms with van der Waals surface area (Å²) in [7, 11) is 2.93. The van der Waals surface area contributed by atoms with Crippen molar-refractivity contribution in [2.45, 2.75) is 0 Å². The summed E-state index contributed by atoms with van der Waals surface area (Å²) in [4.78, 5) is 10.7. The zero-order valence-electron chi connectivity index (χ0n) is 9.69. The highest BCUT2D eigenvalue weighted by molar-refractivity contribution is 9.10. The van der Waals surface area contributed by atoms with Crippen LogP contribution in [0.5, 0.6) is 11.5 Å². The van der Waals surface area contributed by atoms with E-state index in [2.05, 4.69) is 15.9 Å². The highest BCUT2D eigenvalue weighted by Crippen LogP contribution is 2.33. The van der Waals surface area contributed by atoms with Crippen LogP contribution < -0.4 is 14.6 Å². The molecule has 5 nitrogen and oxygen atoms in total. The molecule has 1 rings (SSSR count). The molecule has 0 saturated heterocycles. The van der Waals surface area contributed by atoms with E-state index in [0.29, 0.717) is 21.5 Å². The molecule has 94 valence electrons. The van der Waals surface area contributed by atoms with Crippen LogP contribution in [0.1, 0.15) is 5.56 Å². The maximum Gasteiger partial charge on any atom is 0.136 e. The number of carbonyl (C=O) groups excluding carboxylic acids is 1. The average Bonchev–Trinajstić information content (AvgIpc) is 2.35. The Morgan fingerprint density at radius 1 is 1.39 bits per heavy atom. The van der Waals surface area contributed by atoms with Crippen LogP contribution in [0.2, 0.25) is 0 Å². The lowest BCUT2D eigenvalue weighted by atomic mass is 10.1. The molecule has 18 heavy (non-hydrogen) atoms. The van der Waals surface area contributed by atoms with E-state index in [9.17, 15) is 9.90 Å². The van der Waals surface area contributed by atoms with Gasteiger partial charge in [0, 0.05) is 11.6 Å². The predicted octanol–water partition coefficient (Wildman–Crippen LogP) is 1.12. The first kappa shape index (κ1) is 14.1. The van der Waals surface area contributed by atoms with Crippen LogP contribution in [0.4, 0.5) is 0 Å². The summed E-state index contributed by atoms with van der Waals surface area (Å²) >= 11 is 3.26. The topological polar surface area (TPSA) is 82.4 Å². The Bertz CT molecular complexity index is 546. The van der Waals surface area contributed by atoms with Crippen LogP contribution in [0.25, 0.3) is 6.08 Å². The highest BCUT2D eigenvalue weighted by atomic mass is 79.9. The smallest absolute Gasteiger partial charge is 0.136 e. The largest absolute Gasteiger partial charge is 0.544 e. The minimum absolute atomic E-state index is 0.393. The molecule has 0 unspecified atom stereocenters. The maximum absolute atomic E-state index is 10.7. The third-order valence-corrected chi connectivity index (χ3v) is 2.76. The molecule has 0 radical (unpaired) electrons. The van der Waals surface area contributed by atoms with Crippen LogP contribution in [0, 0.1) is 11.3 Å². The molecular formula is C12H9BrNO4-. The van der Waals surface area contributed by atoms with E-state index < -0.39 is 11.5 Å². The SMILES string of the molecule is COc1cc(OC)c(/C=C(\C#N)C(=O)[O-])cc1Br. The molecule has 0 aromatic heterocycles. The minimum Gasteiger partial charge on any atom is -0.544 e. The summed E-state index contributed by atoms with van der Waals surface area (Å²) in [6.07, 6.45) is 1.18. The van der Waals surface area contributed by atoms with Gasteiger partial charge >= 0.3 is 0 Å². The van der Waals surface area contributed by atoms with Crippen molar-refractivity contribution in [3.8, 4) is 17.6 Å². The van der Waals surface area contributed by atoms with Crippen LogP contribution in [-0.4, -0.2) is 20.2 Å². The van der Waals surface area contributed by atoms with E-state index in [1.165, 1.54) is 20.3 Å². The third kappa shape index (κ3) is 3.02. The van der Waals surface area contributed by atoms with Crippen molar-refractivity contribution in [3.63, 3.8) is 0 Å². The van der Waals surface area contributed by atoms with Crippen molar-refractivity contribution in [2.75, 3.05) is 14.2 Å². The molecule has 0 aliphatic carbocycles.